The van der Waals surface area contributed by atoms with Crippen molar-refractivity contribution in [1.29, 1.82) is 0 Å². The summed E-state index contributed by atoms with van der Waals surface area (Å²) in [6.45, 7) is 3.63. The molecule has 0 aliphatic rings. The summed E-state index contributed by atoms with van der Waals surface area (Å²) < 4.78 is 19.6. The second-order valence-corrected chi connectivity index (χ2v) is 5.16. The Morgan fingerprint density at radius 2 is 2.11 bits per heavy atom. The zero-order valence-electron chi connectivity index (χ0n) is 10.6. The van der Waals surface area contributed by atoms with Gasteiger partial charge in [-0.05, 0) is 38.1 Å². The predicted octanol–water partition coefficient (Wildman–Crippen LogP) is 3.73. The van der Waals surface area contributed by atoms with Gasteiger partial charge >= 0.3 is 0 Å². The molecular weight excluding hydrogens is 313 g/mol. The zero-order valence-corrected chi connectivity index (χ0v) is 12.2. The average Bonchev–Trinajstić information content (AvgIpc) is 2.69. The number of halogens is 2. The monoisotopic (exact) mass is 325 g/mol. The maximum absolute atomic E-state index is 13.5. The van der Waals surface area contributed by atoms with E-state index >= 15 is 0 Å². The number of hydrogen-bond acceptors (Lipinski definition) is 2. The number of carbonyl (C=O) groups excluding carboxylic acids is 1. The van der Waals surface area contributed by atoms with E-state index in [0.29, 0.717) is 22.6 Å². The fourth-order valence-electron chi connectivity index (χ4n) is 1.81. The second-order valence-electron chi connectivity index (χ2n) is 4.25. The number of rotatable bonds is 3. The molecule has 0 spiro atoms. The number of carbonyl (C=O) groups is 1. The number of nitrogens with one attached hydrogen (secondary N) is 1. The van der Waals surface area contributed by atoms with Crippen molar-refractivity contribution in [2.24, 2.45) is 0 Å². The Hall–Kier alpha value is -1.62. The van der Waals surface area contributed by atoms with Gasteiger partial charge in [0.25, 0.3) is 5.91 Å². The smallest absolute Gasteiger partial charge is 0.255 e. The van der Waals surface area contributed by atoms with Crippen LogP contribution < -0.4 is 5.32 Å². The number of furan rings is 1. The normalized spacial score (nSPS) is 10.5. The highest BCUT2D eigenvalue weighted by Gasteiger charge is 2.13. The van der Waals surface area contributed by atoms with Crippen LogP contribution in [0.15, 0.2) is 33.2 Å². The molecule has 0 aliphatic heterocycles. The highest BCUT2D eigenvalue weighted by molar-refractivity contribution is 9.10. The van der Waals surface area contributed by atoms with Crippen LogP contribution in [0.4, 0.5) is 4.39 Å². The van der Waals surface area contributed by atoms with E-state index in [1.54, 1.807) is 32.0 Å². The van der Waals surface area contributed by atoms with Crippen LogP contribution in [0.2, 0.25) is 0 Å². The molecule has 0 fully saturated rings. The van der Waals surface area contributed by atoms with E-state index in [9.17, 15) is 9.18 Å². The van der Waals surface area contributed by atoms with Gasteiger partial charge in [0.05, 0.1) is 5.56 Å². The first kappa shape index (κ1) is 13.8. The molecule has 0 saturated heterocycles. The van der Waals surface area contributed by atoms with E-state index in [0.717, 1.165) is 4.47 Å². The van der Waals surface area contributed by atoms with Crippen molar-refractivity contribution in [2.45, 2.75) is 20.4 Å². The number of amides is 1. The summed E-state index contributed by atoms with van der Waals surface area (Å²) >= 11 is 3.27. The summed E-state index contributed by atoms with van der Waals surface area (Å²) in [7, 11) is 0. The molecule has 1 N–H and O–H groups in total. The zero-order chi connectivity index (χ0) is 14.0. The van der Waals surface area contributed by atoms with Crippen molar-refractivity contribution in [2.75, 3.05) is 0 Å². The minimum Gasteiger partial charge on any atom is -0.466 e. The Labute approximate surface area is 118 Å². The Morgan fingerprint density at radius 1 is 1.37 bits per heavy atom. The lowest BCUT2D eigenvalue weighted by Gasteiger charge is -2.06. The molecule has 0 atom stereocenters. The minimum atomic E-state index is -0.344. The third-order valence-corrected chi connectivity index (χ3v) is 3.23. The topological polar surface area (TPSA) is 42.2 Å². The molecule has 1 amide bonds. The molecule has 3 nitrogen and oxygen atoms in total. The summed E-state index contributed by atoms with van der Waals surface area (Å²) in [4.78, 5) is 11.9. The van der Waals surface area contributed by atoms with Crippen molar-refractivity contribution < 1.29 is 13.6 Å². The molecule has 5 heteroatoms. The molecule has 0 aliphatic carbocycles. The van der Waals surface area contributed by atoms with Gasteiger partial charge in [-0.25, -0.2) is 4.39 Å². The third-order valence-electron chi connectivity index (χ3n) is 2.73. The molecule has 0 radical (unpaired) electrons. The molecule has 1 aromatic carbocycles. The first-order valence-electron chi connectivity index (χ1n) is 5.76. The van der Waals surface area contributed by atoms with Gasteiger partial charge in [-0.1, -0.05) is 15.9 Å². The van der Waals surface area contributed by atoms with Crippen LogP contribution in [0, 0.1) is 19.7 Å². The van der Waals surface area contributed by atoms with Gasteiger partial charge in [0, 0.05) is 16.6 Å². The molecule has 19 heavy (non-hydrogen) atoms. The quantitative estimate of drug-likeness (QED) is 0.934. The maximum Gasteiger partial charge on any atom is 0.255 e. The molecule has 1 aromatic heterocycles. The van der Waals surface area contributed by atoms with E-state index in [-0.39, 0.29) is 18.3 Å². The molecule has 2 rings (SSSR count). The fourth-order valence-corrected chi connectivity index (χ4v) is 2.21. The first-order chi connectivity index (χ1) is 8.97. The molecule has 0 unspecified atom stereocenters. The Bertz CT molecular complexity index is 622. The van der Waals surface area contributed by atoms with Gasteiger partial charge in [0.2, 0.25) is 0 Å². The van der Waals surface area contributed by atoms with Gasteiger partial charge in [-0.3, -0.25) is 4.79 Å². The number of aryl methyl sites for hydroxylation is 2. The van der Waals surface area contributed by atoms with Crippen molar-refractivity contribution in [1.82, 2.24) is 5.32 Å². The summed E-state index contributed by atoms with van der Waals surface area (Å²) in [5.74, 6) is 0.623. The lowest BCUT2D eigenvalue weighted by molar-refractivity contribution is 0.0949. The first-order valence-corrected chi connectivity index (χ1v) is 6.56. The van der Waals surface area contributed by atoms with Crippen molar-refractivity contribution in [3.05, 3.63) is 57.2 Å². The largest absolute Gasteiger partial charge is 0.466 e. The minimum absolute atomic E-state index is 0.133. The molecule has 100 valence electrons. The summed E-state index contributed by atoms with van der Waals surface area (Å²) in [5.41, 5.74) is 0.911. The van der Waals surface area contributed by atoms with Crippen molar-refractivity contribution in [3.63, 3.8) is 0 Å². The van der Waals surface area contributed by atoms with E-state index < -0.39 is 0 Å². The van der Waals surface area contributed by atoms with Crippen LogP contribution in [0.5, 0.6) is 0 Å². The average molecular weight is 326 g/mol. The van der Waals surface area contributed by atoms with Crippen LogP contribution in [-0.4, -0.2) is 5.91 Å². The van der Waals surface area contributed by atoms with E-state index in [2.05, 4.69) is 21.2 Å². The highest BCUT2D eigenvalue weighted by Crippen LogP contribution is 2.16. The lowest BCUT2D eigenvalue weighted by Crippen LogP contribution is -2.23. The van der Waals surface area contributed by atoms with E-state index in [4.69, 9.17) is 4.42 Å². The van der Waals surface area contributed by atoms with Gasteiger partial charge < -0.3 is 9.73 Å². The fraction of sp³-hybridized carbons (Fsp3) is 0.214. The molecule has 2 aromatic rings. The van der Waals surface area contributed by atoms with Gasteiger partial charge in [-0.15, -0.1) is 0 Å². The van der Waals surface area contributed by atoms with Gasteiger partial charge in [-0.2, -0.15) is 0 Å². The summed E-state index contributed by atoms with van der Waals surface area (Å²) in [5, 5.41) is 2.68. The second kappa shape index (κ2) is 5.57. The maximum atomic E-state index is 13.5. The Morgan fingerprint density at radius 3 is 2.74 bits per heavy atom. The van der Waals surface area contributed by atoms with Crippen LogP contribution in [0.1, 0.15) is 27.4 Å². The SMILES string of the molecule is Cc1cc(C(=O)NCc2cc(Br)ccc2F)c(C)o1. The van der Waals surface area contributed by atoms with Crippen molar-refractivity contribution in [3.8, 4) is 0 Å². The van der Waals surface area contributed by atoms with E-state index in [1.807, 2.05) is 0 Å². The molecule has 1 heterocycles. The molecule has 0 bridgehead atoms. The Balaban J connectivity index is 2.08. The number of hydrogen-bond donors (Lipinski definition) is 1. The number of benzene rings is 1. The lowest BCUT2D eigenvalue weighted by atomic mass is 10.2. The van der Waals surface area contributed by atoms with Crippen molar-refractivity contribution >= 4 is 21.8 Å². The summed E-state index contributed by atoms with van der Waals surface area (Å²) in [6.07, 6.45) is 0. The Kier molecular flexibility index (Phi) is 4.04. The van der Waals surface area contributed by atoms with Crippen LogP contribution in [-0.2, 0) is 6.54 Å². The molecule has 0 saturated carbocycles. The molecular formula is C14H13BrFNO2. The third kappa shape index (κ3) is 3.23. The standard InChI is InChI=1S/C14H13BrFNO2/c1-8-5-12(9(2)19-8)14(18)17-7-10-6-11(15)3-4-13(10)16/h3-6H,7H2,1-2H3,(H,17,18). The van der Waals surface area contributed by atoms with Crippen LogP contribution in [0.25, 0.3) is 0 Å². The van der Waals surface area contributed by atoms with Crippen LogP contribution >= 0.6 is 15.9 Å². The summed E-state index contributed by atoms with van der Waals surface area (Å²) in [6, 6.07) is 6.29. The highest BCUT2D eigenvalue weighted by atomic mass is 79.9. The van der Waals surface area contributed by atoms with Gasteiger partial charge in [0.1, 0.15) is 17.3 Å². The van der Waals surface area contributed by atoms with Crippen LogP contribution in [0.3, 0.4) is 0 Å². The van der Waals surface area contributed by atoms with Gasteiger partial charge in [0.15, 0.2) is 0 Å². The van der Waals surface area contributed by atoms with E-state index in [1.165, 1.54) is 6.07 Å². The predicted molar refractivity (Wildman–Crippen MR) is 73.5 cm³/mol.